The van der Waals surface area contributed by atoms with Crippen LogP contribution in [0.1, 0.15) is 136 Å². The van der Waals surface area contributed by atoms with Gasteiger partial charge in [-0.15, -0.1) is 0 Å². The molecule has 0 rings (SSSR count). The number of unbranched alkanes of at least 4 members (excludes halogenated alkanes) is 15. The van der Waals surface area contributed by atoms with Crippen molar-refractivity contribution in [1.29, 1.82) is 0 Å². The highest BCUT2D eigenvalue weighted by Crippen LogP contribution is 2.12. The van der Waals surface area contributed by atoms with Crippen molar-refractivity contribution in [3.05, 3.63) is 24.3 Å². The van der Waals surface area contributed by atoms with Crippen molar-refractivity contribution in [2.24, 2.45) is 0 Å². The van der Waals surface area contributed by atoms with Crippen molar-refractivity contribution >= 4 is 16.0 Å². The van der Waals surface area contributed by atoms with Gasteiger partial charge in [-0.05, 0) is 32.1 Å². The third-order valence-electron chi connectivity index (χ3n) is 6.74. The van der Waals surface area contributed by atoms with E-state index >= 15 is 0 Å². The van der Waals surface area contributed by atoms with E-state index in [1.54, 1.807) is 6.08 Å². The van der Waals surface area contributed by atoms with E-state index in [4.69, 9.17) is 0 Å². The van der Waals surface area contributed by atoms with Gasteiger partial charge in [-0.1, -0.05) is 128 Å². The second kappa shape index (κ2) is 24.8. The average Bonchev–Trinajstić information content (AvgIpc) is 2.86. The Labute approximate surface area is 233 Å². The van der Waals surface area contributed by atoms with E-state index in [1.165, 1.54) is 76.7 Å². The molecule has 1 amide bonds. The van der Waals surface area contributed by atoms with Gasteiger partial charge in [0.05, 0.1) is 17.9 Å². The third kappa shape index (κ3) is 23.9. The number of amides is 1. The Kier molecular flexibility index (Phi) is 24.0. The van der Waals surface area contributed by atoms with Crippen LogP contribution in [0.3, 0.4) is 0 Å². The maximum Gasteiger partial charge on any atom is 0.267 e. The summed E-state index contributed by atoms with van der Waals surface area (Å²) in [4.78, 5) is 12.4. The van der Waals surface area contributed by atoms with E-state index in [-0.39, 0.29) is 6.42 Å². The van der Waals surface area contributed by atoms with Gasteiger partial charge in [0, 0.05) is 0 Å². The first-order valence-corrected chi connectivity index (χ1v) is 16.8. The summed E-state index contributed by atoms with van der Waals surface area (Å²) in [5, 5.41) is 23.0. The van der Waals surface area contributed by atoms with Crippen molar-refractivity contribution in [2.75, 3.05) is 5.75 Å². The summed E-state index contributed by atoms with van der Waals surface area (Å²) in [5.74, 6) is -1.56. The Hall–Kier alpha value is -1.22. The lowest BCUT2D eigenvalue weighted by atomic mass is 10.0. The number of aliphatic hydroxyl groups is 2. The molecule has 7 nitrogen and oxygen atoms in total. The van der Waals surface area contributed by atoms with Crippen molar-refractivity contribution < 1.29 is 28.0 Å². The fourth-order valence-corrected chi connectivity index (χ4v) is 5.09. The SMILES string of the molecule is CCCCCCCCC/C=C/CC/C=C/C(O)C(CS(=O)(=O)O)NC(=O)C(O)CCCCCCCCCC. The molecule has 4 N–H and O–H groups in total. The monoisotopic (exact) mass is 559 g/mol. The number of aliphatic hydroxyl groups excluding tert-OH is 2. The zero-order valence-corrected chi connectivity index (χ0v) is 25.0. The van der Waals surface area contributed by atoms with Crippen LogP contribution in [0.5, 0.6) is 0 Å². The van der Waals surface area contributed by atoms with Crippen LogP contribution in [-0.2, 0) is 14.9 Å². The molecule has 0 aromatic carbocycles. The zero-order valence-electron chi connectivity index (χ0n) is 24.2. The Morgan fingerprint density at radius 1 is 0.711 bits per heavy atom. The van der Waals surface area contributed by atoms with Crippen LogP contribution < -0.4 is 5.32 Å². The van der Waals surface area contributed by atoms with E-state index in [1.807, 2.05) is 0 Å². The molecule has 8 heteroatoms. The molecule has 0 radical (unpaired) electrons. The first-order valence-electron chi connectivity index (χ1n) is 15.1. The number of allylic oxidation sites excluding steroid dienone is 3. The molecule has 0 spiro atoms. The molecule has 0 bridgehead atoms. The van der Waals surface area contributed by atoms with Crippen LogP contribution >= 0.6 is 0 Å². The number of carbonyl (C=O) groups excluding carboxylic acids is 1. The molecule has 38 heavy (non-hydrogen) atoms. The van der Waals surface area contributed by atoms with E-state index in [0.717, 1.165) is 32.1 Å². The van der Waals surface area contributed by atoms with Gasteiger partial charge in [0.2, 0.25) is 5.91 Å². The molecule has 0 aromatic heterocycles. The van der Waals surface area contributed by atoms with Gasteiger partial charge < -0.3 is 15.5 Å². The Morgan fingerprint density at radius 3 is 1.74 bits per heavy atom. The topological polar surface area (TPSA) is 124 Å². The van der Waals surface area contributed by atoms with Crippen molar-refractivity contribution in [1.82, 2.24) is 5.32 Å². The predicted molar refractivity (Wildman–Crippen MR) is 158 cm³/mol. The molecule has 3 unspecified atom stereocenters. The Bertz CT molecular complexity index is 722. The summed E-state index contributed by atoms with van der Waals surface area (Å²) in [6.45, 7) is 4.40. The van der Waals surface area contributed by atoms with Crippen LogP contribution in [0.4, 0.5) is 0 Å². The van der Waals surface area contributed by atoms with Crippen molar-refractivity contribution in [2.45, 2.75) is 154 Å². The maximum atomic E-state index is 12.4. The molecule has 0 aliphatic carbocycles. The minimum atomic E-state index is -4.43. The largest absolute Gasteiger partial charge is 0.387 e. The van der Waals surface area contributed by atoms with Gasteiger partial charge >= 0.3 is 0 Å². The van der Waals surface area contributed by atoms with Crippen molar-refractivity contribution in [3.63, 3.8) is 0 Å². The standard InChI is InChI=1S/C30H57NO6S/c1-3-5-7-9-11-13-14-15-16-17-19-20-22-24-28(32)27(26-38(35,36)37)31-30(34)29(33)25-23-21-18-12-10-8-6-4-2/h16-17,22,24,27-29,32-33H,3-15,18-21,23,25-26H2,1-2H3,(H,31,34)(H,35,36,37)/b17-16+,24-22+. The summed E-state index contributed by atoms with van der Waals surface area (Å²) >= 11 is 0. The van der Waals surface area contributed by atoms with Crippen LogP contribution in [0.15, 0.2) is 24.3 Å². The lowest BCUT2D eigenvalue weighted by Gasteiger charge is -2.22. The van der Waals surface area contributed by atoms with Gasteiger partial charge in [0.15, 0.2) is 0 Å². The Morgan fingerprint density at radius 2 is 1.18 bits per heavy atom. The van der Waals surface area contributed by atoms with Gasteiger partial charge in [0.1, 0.15) is 6.10 Å². The summed E-state index contributed by atoms with van der Waals surface area (Å²) in [5.41, 5.74) is 0. The molecule has 0 heterocycles. The first-order chi connectivity index (χ1) is 18.2. The van der Waals surface area contributed by atoms with Crippen molar-refractivity contribution in [3.8, 4) is 0 Å². The second-order valence-electron chi connectivity index (χ2n) is 10.5. The molecule has 0 aliphatic heterocycles. The molecule has 0 aromatic rings. The summed E-state index contributed by atoms with van der Waals surface area (Å²) in [6, 6.07) is -1.24. The van der Waals surface area contributed by atoms with Gasteiger partial charge in [-0.3, -0.25) is 9.35 Å². The van der Waals surface area contributed by atoms with E-state index < -0.39 is 40.0 Å². The molecule has 0 aliphatic rings. The average molecular weight is 560 g/mol. The molecule has 3 atom stereocenters. The zero-order chi connectivity index (χ0) is 28.5. The highest BCUT2D eigenvalue weighted by atomic mass is 32.2. The van der Waals surface area contributed by atoms with Gasteiger partial charge in [0.25, 0.3) is 10.1 Å². The molecule has 0 saturated carbocycles. The number of carbonyl (C=O) groups is 1. The van der Waals surface area contributed by atoms with Crippen LogP contribution in [0, 0.1) is 0 Å². The normalized spacial score (nSPS) is 14.8. The third-order valence-corrected chi connectivity index (χ3v) is 7.52. The molecule has 224 valence electrons. The Balaban J connectivity index is 4.33. The van der Waals surface area contributed by atoms with Crippen LogP contribution in [0.2, 0.25) is 0 Å². The number of rotatable bonds is 26. The summed E-state index contributed by atoms with van der Waals surface area (Å²) in [6.07, 6.45) is 25.4. The number of hydrogen-bond acceptors (Lipinski definition) is 5. The fraction of sp³-hybridized carbons (Fsp3) is 0.833. The predicted octanol–water partition coefficient (Wildman–Crippen LogP) is 6.64. The summed E-state index contributed by atoms with van der Waals surface area (Å²) in [7, 11) is -4.43. The van der Waals surface area contributed by atoms with Gasteiger partial charge in [-0.25, -0.2) is 0 Å². The highest BCUT2D eigenvalue weighted by Gasteiger charge is 2.27. The minimum Gasteiger partial charge on any atom is -0.387 e. The smallest absolute Gasteiger partial charge is 0.267 e. The lowest BCUT2D eigenvalue weighted by Crippen LogP contribution is -2.50. The molecular formula is C30H57NO6S. The maximum absolute atomic E-state index is 12.4. The number of nitrogens with one attached hydrogen (secondary N) is 1. The van der Waals surface area contributed by atoms with Crippen LogP contribution in [0.25, 0.3) is 0 Å². The van der Waals surface area contributed by atoms with E-state index in [9.17, 15) is 28.0 Å². The number of hydrogen-bond donors (Lipinski definition) is 4. The van der Waals surface area contributed by atoms with Crippen LogP contribution in [-0.4, -0.2) is 53.1 Å². The van der Waals surface area contributed by atoms with Gasteiger partial charge in [-0.2, -0.15) is 8.42 Å². The quantitative estimate of drug-likeness (QED) is 0.0535. The van der Waals surface area contributed by atoms with E-state index in [2.05, 4.69) is 31.3 Å². The second-order valence-corrected chi connectivity index (χ2v) is 12.0. The molecule has 0 fully saturated rings. The first kappa shape index (κ1) is 36.8. The van der Waals surface area contributed by atoms with E-state index in [0.29, 0.717) is 12.8 Å². The fourth-order valence-electron chi connectivity index (χ4n) is 4.35. The lowest BCUT2D eigenvalue weighted by molar-refractivity contribution is -0.130. The molecular weight excluding hydrogens is 502 g/mol. The summed E-state index contributed by atoms with van der Waals surface area (Å²) < 4.78 is 32.1. The molecule has 0 saturated heterocycles. The minimum absolute atomic E-state index is 0.274. The highest BCUT2D eigenvalue weighted by molar-refractivity contribution is 7.85.